The van der Waals surface area contributed by atoms with Crippen LogP contribution in [0.4, 0.5) is 5.69 Å². The number of anilines is 1. The van der Waals surface area contributed by atoms with Crippen LogP contribution in [0.5, 0.6) is 5.75 Å². The van der Waals surface area contributed by atoms with E-state index in [1.165, 1.54) is 12.1 Å². The quantitative estimate of drug-likeness (QED) is 0.587. The van der Waals surface area contributed by atoms with Crippen LogP contribution < -0.4 is 9.04 Å². The van der Waals surface area contributed by atoms with Crippen LogP contribution in [0.25, 0.3) is 0 Å². The Labute approximate surface area is 156 Å². The third-order valence-electron chi connectivity index (χ3n) is 3.96. The van der Waals surface area contributed by atoms with E-state index in [2.05, 4.69) is 18.7 Å². The second kappa shape index (κ2) is 9.03. The number of sulfonamides is 1. The van der Waals surface area contributed by atoms with Crippen LogP contribution in [0, 0.1) is 13.8 Å². The van der Waals surface area contributed by atoms with Crippen molar-refractivity contribution in [2.45, 2.75) is 27.7 Å². The first-order chi connectivity index (χ1) is 11.9. The first kappa shape index (κ1) is 22.7. The van der Waals surface area contributed by atoms with Crippen molar-refractivity contribution in [3.8, 4) is 5.75 Å². The highest BCUT2D eigenvalue weighted by molar-refractivity contribution is 7.94. The molecular weight excluding hydrogens is 380 g/mol. The molecule has 0 unspecified atom stereocenters. The van der Waals surface area contributed by atoms with Crippen molar-refractivity contribution in [2.24, 2.45) is 0 Å². The fraction of sp³-hybridized carbons (Fsp3) is 0.625. The van der Waals surface area contributed by atoms with Gasteiger partial charge in [-0.2, -0.15) is 8.42 Å². The van der Waals surface area contributed by atoms with E-state index in [9.17, 15) is 16.8 Å². The molecule has 0 amide bonds. The van der Waals surface area contributed by atoms with Crippen LogP contribution in [0.1, 0.15) is 25.0 Å². The summed E-state index contributed by atoms with van der Waals surface area (Å²) in [5.41, 5.74) is 1.53. The molecule has 1 N–H and O–H groups in total. The number of likely N-dealkylation sites (N-methyl/N-ethyl adjacent to an activating group) is 1. The lowest BCUT2D eigenvalue weighted by Gasteiger charge is -2.23. The minimum atomic E-state index is -4.51. The third-order valence-corrected chi connectivity index (χ3v) is 5.85. The lowest BCUT2D eigenvalue weighted by Crippen LogP contribution is -2.34. The number of nitrogens with zero attached hydrogens (tertiary/aromatic N) is 2. The number of aryl methyl sites for hydroxylation is 2. The zero-order valence-electron chi connectivity index (χ0n) is 15.9. The highest BCUT2D eigenvalue weighted by Crippen LogP contribution is 2.30. The Morgan fingerprint density at radius 3 is 1.92 bits per heavy atom. The van der Waals surface area contributed by atoms with E-state index in [1.807, 2.05) is 0 Å². The summed E-state index contributed by atoms with van der Waals surface area (Å²) < 4.78 is 61.8. The maximum absolute atomic E-state index is 11.9. The molecule has 0 heterocycles. The number of rotatable bonds is 10. The van der Waals surface area contributed by atoms with Gasteiger partial charge in [0.15, 0.2) is 5.88 Å². The predicted molar refractivity (Wildman–Crippen MR) is 103 cm³/mol. The van der Waals surface area contributed by atoms with E-state index < -0.39 is 26.0 Å². The summed E-state index contributed by atoms with van der Waals surface area (Å²) in [5.74, 6) is -0.395. The van der Waals surface area contributed by atoms with Crippen molar-refractivity contribution in [2.75, 3.05) is 42.7 Å². The van der Waals surface area contributed by atoms with Gasteiger partial charge in [0.05, 0.1) is 11.9 Å². The Kier molecular flexibility index (Phi) is 7.87. The maximum atomic E-state index is 11.9. The molecule has 0 fully saturated rings. The standard InChI is InChI=1S/C16H28N2O6S2/c1-6-17(7-2)8-9-24-16-13(3)10-15(11-14(16)4)18(25(5,19)20)12-26(21,22)23/h10-11H,6-9,12H2,1-5H3,(H,21,22,23). The number of benzene rings is 1. The molecule has 1 rings (SSSR count). The summed E-state index contributed by atoms with van der Waals surface area (Å²) in [5, 5.41) is 0. The number of hydrogen-bond acceptors (Lipinski definition) is 6. The lowest BCUT2D eigenvalue weighted by molar-refractivity contribution is 0.221. The van der Waals surface area contributed by atoms with Gasteiger partial charge in [0, 0.05) is 6.54 Å². The van der Waals surface area contributed by atoms with Crippen molar-refractivity contribution < 1.29 is 26.1 Å². The second-order valence-corrected chi connectivity index (χ2v) is 9.44. The molecule has 150 valence electrons. The van der Waals surface area contributed by atoms with Gasteiger partial charge in [-0.05, 0) is 50.2 Å². The van der Waals surface area contributed by atoms with Crippen LogP contribution in [0.3, 0.4) is 0 Å². The predicted octanol–water partition coefficient (Wildman–Crippen LogP) is 1.64. The highest BCUT2D eigenvalue weighted by Gasteiger charge is 2.24. The van der Waals surface area contributed by atoms with Crippen LogP contribution in [-0.2, 0) is 20.1 Å². The minimum Gasteiger partial charge on any atom is -0.492 e. The van der Waals surface area contributed by atoms with E-state index in [0.717, 1.165) is 25.9 Å². The van der Waals surface area contributed by atoms with Crippen molar-refractivity contribution in [3.05, 3.63) is 23.3 Å². The third kappa shape index (κ3) is 6.75. The minimum absolute atomic E-state index is 0.163. The first-order valence-corrected chi connectivity index (χ1v) is 11.7. The zero-order valence-corrected chi connectivity index (χ0v) is 17.5. The van der Waals surface area contributed by atoms with Gasteiger partial charge in [-0.25, -0.2) is 8.42 Å². The average Bonchev–Trinajstić information content (AvgIpc) is 2.49. The van der Waals surface area contributed by atoms with Crippen molar-refractivity contribution in [3.63, 3.8) is 0 Å². The molecule has 1 aromatic carbocycles. The molecule has 0 saturated carbocycles. The lowest BCUT2D eigenvalue weighted by atomic mass is 10.1. The summed E-state index contributed by atoms with van der Waals surface area (Å²) in [4.78, 5) is 2.22. The molecule has 0 aliphatic rings. The fourth-order valence-corrected chi connectivity index (χ4v) is 4.72. The monoisotopic (exact) mass is 408 g/mol. The summed E-state index contributed by atoms with van der Waals surface area (Å²) in [6, 6.07) is 3.07. The van der Waals surface area contributed by atoms with Gasteiger partial charge >= 0.3 is 0 Å². The highest BCUT2D eigenvalue weighted by atomic mass is 32.2. The summed E-state index contributed by atoms with van der Waals surface area (Å²) in [6.07, 6.45) is 0.886. The van der Waals surface area contributed by atoms with Gasteiger partial charge in [0.25, 0.3) is 10.1 Å². The van der Waals surface area contributed by atoms with Crippen LogP contribution in [0.15, 0.2) is 12.1 Å². The topological polar surface area (TPSA) is 104 Å². The van der Waals surface area contributed by atoms with Crippen molar-refractivity contribution >= 4 is 25.8 Å². The van der Waals surface area contributed by atoms with Gasteiger partial charge in [-0.3, -0.25) is 8.86 Å². The molecule has 0 aromatic heterocycles. The van der Waals surface area contributed by atoms with E-state index in [0.29, 0.717) is 27.8 Å². The molecule has 10 heteroatoms. The van der Waals surface area contributed by atoms with E-state index in [1.54, 1.807) is 13.8 Å². The number of hydrogen-bond donors (Lipinski definition) is 1. The van der Waals surface area contributed by atoms with Gasteiger partial charge in [0.2, 0.25) is 10.0 Å². The molecule has 0 atom stereocenters. The Morgan fingerprint density at radius 1 is 1.04 bits per heavy atom. The molecule has 8 nitrogen and oxygen atoms in total. The number of ether oxygens (including phenoxy) is 1. The Balaban J connectivity index is 3.10. The van der Waals surface area contributed by atoms with Crippen LogP contribution in [0.2, 0.25) is 0 Å². The van der Waals surface area contributed by atoms with E-state index >= 15 is 0 Å². The van der Waals surface area contributed by atoms with Gasteiger partial charge in [0.1, 0.15) is 12.4 Å². The summed E-state index contributed by atoms with van der Waals surface area (Å²) in [7, 11) is -8.40. The molecule has 0 saturated heterocycles. The van der Waals surface area contributed by atoms with Crippen LogP contribution >= 0.6 is 0 Å². The van der Waals surface area contributed by atoms with Gasteiger partial charge in [-0.15, -0.1) is 0 Å². The van der Waals surface area contributed by atoms with Gasteiger partial charge < -0.3 is 9.64 Å². The molecule has 1 aromatic rings. The first-order valence-electron chi connectivity index (χ1n) is 8.28. The largest absolute Gasteiger partial charge is 0.492 e. The molecule has 0 spiro atoms. The average molecular weight is 409 g/mol. The maximum Gasteiger partial charge on any atom is 0.284 e. The van der Waals surface area contributed by atoms with Crippen LogP contribution in [-0.4, -0.2) is 64.7 Å². The molecule has 0 radical (unpaired) electrons. The van der Waals surface area contributed by atoms with E-state index in [4.69, 9.17) is 9.29 Å². The molecule has 0 bridgehead atoms. The van der Waals surface area contributed by atoms with Crippen molar-refractivity contribution in [1.82, 2.24) is 4.90 Å². The summed E-state index contributed by atoms with van der Waals surface area (Å²) >= 11 is 0. The van der Waals surface area contributed by atoms with Gasteiger partial charge in [-0.1, -0.05) is 13.8 Å². The molecule has 0 aliphatic carbocycles. The summed E-state index contributed by atoms with van der Waals surface area (Å²) in [6.45, 7) is 10.8. The Morgan fingerprint density at radius 2 is 1.54 bits per heavy atom. The molecule has 26 heavy (non-hydrogen) atoms. The molecular formula is C16H28N2O6S2. The zero-order chi connectivity index (χ0) is 20.1. The van der Waals surface area contributed by atoms with E-state index in [-0.39, 0.29) is 5.69 Å². The SMILES string of the molecule is CCN(CC)CCOc1c(C)cc(N(CS(=O)(=O)O)S(C)(=O)=O)cc1C. The normalized spacial score (nSPS) is 12.4. The molecule has 0 aliphatic heterocycles. The van der Waals surface area contributed by atoms with Crippen molar-refractivity contribution in [1.29, 1.82) is 0 Å². The smallest absolute Gasteiger partial charge is 0.284 e. The Hall–Kier alpha value is -1.36. The second-order valence-electron chi connectivity index (χ2n) is 6.11. The Bertz CT molecular complexity index is 794. The fourth-order valence-electron chi connectivity index (χ4n) is 2.63.